The maximum Gasteiger partial charge on any atom is 0.256 e. The second kappa shape index (κ2) is 10.4. The van der Waals surface area contributed by atoms with Gasteiger partial charge in [0.25, 0.3) is 5.91 Å². The first kappa shape index (κ1) is 23.7. The molecular weight excluding hydrogens is 484 g/mol. The number of amides is 1. The molecule has 0 aliphatic carbocycles. The predicted molar refractivity (Wildman–Crippen MR) is 148 cm³/mol. The van der Waals surface area contributed by atoms with Crippen molar-refractivity contribution in [1.82, 2.24) is 14.5 Å². The number of benzene rings is 2. The van der Waals surface area contributed by atoms with Gasteiger partial charge in [-0.3, -0.25) is 9.79 Å². The molecule has 1 amide bonds. The number of rotatable bonds is 9. The number of fused-ring (bicyclic) bond motifs is 3. The van der Waals surface area contributed by atoms with Crippen molar-refractivity contribution in [1.29, 1.82) is 0 Å². The van der Waals surface area contributed by atoms with E-state index in [1.54, 1.807) is 24.5 Å². The molecule has 190 valence electrons. The summed E-state index contributed by atoms with van der Waals surface area (Å²) < 4.78 is 14.0. The Kier molecular flexibility index (Phi) is 6.66. The molecule has 4 aromatic rings. The van der Waals surface area contributed by atoms with Crippen LogP contribution in [0.5, 0.6) is 11.5 Å². The number of thiophene rings is 1. The average Bonchev–Trinajstić information content (AvgIpc) is 3.67. The molecule has 1 atom stereocenters. The number of aliphatic imine (C=N–C) groups is 1. The van der Waals surface area contributed by atoms with Gasteiger partial charge in [-0.05, 0) is 61.7 Å². The molecule has 0 radical (unpaired) electrons. The summed E-state index contributed by atoms with van der Waals surface area (Å²) >= 11 is 1.72. The highest BCUT2D eigenvalue weighted by molar-refractivity contribution is 7.13. The summed E-state index contributed by atoms with van der Waals surface area (Å²) in [7, 11) is 1.61. The maximum absolute atomic E-state index is 13.1. The van der Waals surface area contributed by atoms with Crippen LogP contribution < -0.4 is 9.47 Å². The molecule has 6 rings (SSSR count). The van der Waals surface area contributed by atoms with Crippen LogP contribution in [0.3, 0.4) is 0 Å². The molecule has 0 spiro atoms. The van der Waals surface area contributed by atoms with Crippen LogP contribution in [0.4, 0.5) is 5.69 Å². The quantitative estimate of drug-likeness (QED) is 0.244. The van der Waals surface area contributed by atoms with E-state index in [9.17, 15) is 4.79 Å². The minimum Gasteiger partial charge on any atom is -0.493 e. The molecule has 0 unspecified atom stereocenters. The van der Waals surface area contributed by atoms with E-state index < -0.39 is 0 Å². The zero-order chi connectivity index (χ0) is 25.2. The molecule has 0 bridgehead atoms. The van der Waals surface area contributed by atoms with Gasteiger partial charge in [0, 0.05) is 25.4 Å². The lowest BCUT2D eigenvalue weighted by Crippen LogP contribution is -2.35. The van der Waals surface area contributed by atoms with Crippen molar-refractivity contribution in [3.05, 3.63) is 59.5 Å². The standard InChI is InChI=1S/C29H30N4O3S/c1-35-25-17-21-23(30-19-20-9-7-14-32(20)29(21)34)18-26(25)36-15-6-2-5-13-33-24-11-4-3-10-22(24)31-28(33)27-12-8-16-37-27/h3-4,8,10-12,16-20H,2,5-7,9,13-15H2,1H3/t20-/m0/s1. The number of unbranched alkanes of at least 4 members (excludes halogenated alkanes) is 2. The summed E-state index contributed by atoms with van der Waals surface area (Å²) in [5.41, 5.74) is 3.45. The highest BCUT2D eigenvalue weighted by Crippen LogP contribution is 2.38. The average molecular weight is 515 g/mol. The van der Waals surface area contributed by atoms with Crippen molar-refractivity contribution in [2.45, 2.75) is 44.7 Å². The van der Waals surface area contributed by atoms with Crippen molar-refractivity contribution in [3.8, 4) is 22.2 Å². The van der Waals surface area contributed by atoms with Crippen LogP contribution in [-0.4, -0.2) is 52.9 Å². The van der Waals surface area contributed by atoms with E-state index >= 15 is 0 Å². The zero-order valence-electron chi connectivity index (χ0n) is 20.9. The monoisotopic (exact) mass is 514 g/mol. The van der Waals surface area contributed by atoms with Gasteiger partial charge in [0.05, 0.1) is 46.9 Å². The Morgan fingerprint density at radius 2 is 2.00 bits per heavy atom. The number of hydrogen-bond donors (Lipinski definition) is 0. The van der Waals surface area contributed by atoms with Crippen LogP contribution in [0.2, 0.25) is 0 Å². The van der Waals surface area contributed by atoms with Gasteiger partial charge in [-0.25, -0.2) is 4.98 Å². The molecule has 1 saturated heterocycles. The number of aromatic nitrogens is 2. The van der Waals surface area contributed by atoms with E-state index in [-0.39, 0.29) is 11.9 Å². The Balaban J connectivity index is 1.09. The fourth-order valence-corrected chi connectivity index (χ4v) is 5.97. The van der Waals surface area contributed by atoms with Gasteiger partial charge in [0.2, 0.25) is 0 Å². The van der Waals surface area contributed by atoms with Gasteiger partial charge in [-0.2, -0.15) is 0 Å². The normalized spacial score (nSPS) is 16.6. The Morgan fingerprint density at radius 3 is 2.86 bits per heavy atom. The minimum atomic E-state index is 0.0220. The lowest BCUT2D eigenvalue weighted by Gasteiger charge is -2.20. The van der Waals surface area contributed by atoms with E-state index in [1.165, 1.54) is 10.4 Å². The molecule has 4 heterocycles. The van der Waals surface area contributed by atoms with E-state index in [2.05, 4.69) is 45.3 Å². The lowest BCUT2D eigenvalue weighted by atomic mass is 10.1. The summed E-state index contributed by atoms with van der Waals surface area (Å²) in [6.07, 6.45) is 6.85. The van der Waals surface area contributed by atoms with Gasteiger partial charge in [0.15, 0.2) is 17.3 Å². The molecule has 7 nitrogen and oxygen atoms in total. The topological polar surface area (TPSA) is 69.0 Å². The predicted octanol–water partition coefficient (Wildman–Crippen LogP) is 6.34. The van der Waals surface area contributed by atoms with E-state index in [0.29, 0.717) is 29.4 Å². The van der Waals surface area contributed by atoms with Crippen molar-refractivity contribution in [2.75, 3.05) is 20.3 Å². The number of methoxy groups -OCH3 is 1. The van der Waals surface area contributed by atoms with Crippen molar-refractivity contribution in [3.63, 3.8) is 0 Å². The van der Waals surface area contributed by atoms with Gasteiger partial charge in [0.1, 0.15) is 0 Å². The first-order chi connectivity index (χ1) is 18.2. The van der Waals surface area contributed by atoms with Gasteiger partial charge in [-0.15, -0.1) is 11.3 Å². The molecule has 2 aromatic carbocycles. The summed E-state index contributed by atoms with van der Waals surface area (Å²) in [6, 6.07) is 16.2. The Bertz CT molecular complexity index is 1440. The summed E-state index contributed by atoms with van der Waals surface area (Å²) in [5, 5.41) is 2.09. The molecule has 1 fully saturated rings. The SMILES string of the molecule is COc1cc2c(cc1OCCCCCn1c(-c3cccs3)nc3ccccc31)N=C[C@@H]1CCCN1C2=O. The number of para-hydroxylation sites is 2. The van der Waals surface area contributed by atoms with Crippen LogP contribution >= 0.6 is 11.3 Å². The minimum absolute atomic E-state index is 0.0220. The largest absolute Gasteiger partial charge is 0.493 e. The Morgan fingerprint density at radius 1 is 1.08 bits per heavy atom. The van der Waals surface area contributed by atoms with Gasteiger partial charge in [-0.1, -0.05) is 18.2 Å². The van der Waals surface area contributed by atoms with Crippen LogP contribution in [0.15, 0.2) is 58.9 Å². The number of aryl methyl sites for hydroxylation is 1. The van der Waals surface area contributed by atoms with Gasteiger partial charge >= 0.3 is 0 Å². The van der Waals surface area contributed by atoms with Crippen LogP contribution in [0.1, 0.15) is 42.5 Å². The highest BCUT2D eigenvalue weighted by Gasteiger charge is 2.32. The fourth-order valence-electron chi connectivity index (χ4n) is 5.25. The summed E-state index contributed by atoms with van der Waals surface area (Å²) in [4.78, 5) is 25.7. The van der Waals surface area contributed by atoms with Crippen LogP contribution in [-0.2, 0) is 6.54 Å². The second-order valence-corrected chi connectivity index (χ2v) is 10.4. The summed E-state index contributed by atoms with van der Waals surface area (Å²) in [5.74, 6) is 2.27. The summed E-state index contributed by atoms with van der Waals surface area (Å²) in [6.45, 7) is 2.26. The van der Waals surface area contributed by atoms with Crippen molar-refractivity contribution < 1.29 is 14.3 Å². The van der Waals surface area contributed by atoms with Crippen molar-refractivity contribution >= 4 is 40.2 Å². The smallest absolute Gasteiger partial charge is 0.256 e. The van der Waals surface area contributed by atoms with E-state index in [1.807, 2.05) is 23.2 Å². The molecular formula is C29H30N4O3S. The number of hydrogen-bond acceptors (Lipinski definition) is 6. The number of carbonyl (C=O) groups is 1. The molecule has 0 saturated carbocycles. The Labute approximate surface area is 220 Å². The number of imidazole rings is 1. The molecule has 2 aliphatic rings. The van der Waals surface area contributed by atoms with E-state index in [4.69, 9.17) is 14.5 Å². The molecule has 2 aliphatic heterocycles. The third-order valence-corrected chi connectivity index (χ3v) is 8.00. The third-order valence-electron chi connectivity index (χ3n) is 7.14. The first-order valence-corrected chi connectivity index (χ1v) is 13.8. The Hall–Kier alpha value is -3.65. The molecule has 8 heteroatoms. The number of carbonyl (C=O) groups excluding carboxylic acids is 1. The molecule has 2 aromatic heterocycles. The third kappa shape index (κ3) is 4.62. The molecule has 0 N–H and O–H groups in total. The number of ether oxygens (including phenoxy) is 2. The first-order valence-electron chi connectivity index (χ1n) is 12.9. The van der Waals surface area contributed by atoms with Gasteiger partial charge < -0.3 is 18.9 Å². The zero-order valence-corrected chi connectivity index (χ0v) is 21.7. The lowest BCUT2D eigenvalue weighted by molar-refractivity contribution is 0.0774. The van der Waals surface area contributed by atoms with E-state index in [0.717, 1.165) is 56.5 Å². The van der Waals surface area contributed by atoms with Crippen LogP contribution in [0, 0.1) is 0 Å². The maximum atomic E-state index is 13.1. The fraction of sp³-hybridized carbons (Fsp3) is 0.345. The van der Waals surface area contributed by atoms with Crippen molar-refractivity contribution in [2.24, 2.45) is 4.99 Å². The number of nitrogens with zero attached hydrogens (tertiary/aromatic N) is 4. The van der Waals surface area contributed by atoms with Crippen LogP contribution in [0.25, 0.3) is 21.7 Å². The second-order valence-electron chi connectivity index (χ2n) is 9.47. The highest BCUT2D eigenvalue weighted by atomic mass is 32.1. The molecule has 37 heavy (non-hydrogen) atoms.